The first kappa shape index (κ1) is 16.9. The highest BCUT2D eigenvalue weighted by Gasteiger charge is 2.34. The van der Waals surface area contributed by atoms with Crippen LogP contribution in [0.1, 0.15) is 38.7 Å². The van der Waals surface area contributed by atoms with Crippen LogP contribution in [-0.4, -0.2) is 43.0 Å². The molecule has 24 heavy (non-hydrogen) atoms. The molecule has 0 bridgehead atoms. The average Bonchev–Trinajstić information content (AvgIpc) is 3.14. The molecule has 132 valence electrons. The molecule has 0 aromatic heterocycles. The number of hydrogen-bond donors (Lipinski definition) is 1. The standard InChI is InChI=1S/C18H26N2O4/c1-18(2,3)24-17(21)20-7-6-13(10-20)14(9-19)12-4-5-15-16(8-12)23-11-22-15/h4-5,8,13-14H,6-7,9-11,19H2,1-3H3. The Bertz CT molecular complexity index is 612. The molecule has 1 fully saturated rings. The van der Waals surface area contributed by atoms with E-state index in [2.05, 4.69) is 0 Å². The van der Waals surface area contributed by atoms with Crippen molar-refractivity contribution in [1.82, 2.24) is 4.90 Å². The lowest BCUT2D eigenvalue weighted by Crippen LogP contribution is -2.36. The Morgan fingerprint density at radius 2 is 2.12 bits per heavy atom. The van der Waals surface area contributed by atoms with Crippen LogP contribution in [0.15, 0.2) is 18.2 Å². The molecule has 0 aliphatic carbocycles. The zero-order chi connectivity index (χ0) is 17.3. The molecule has 0 saturated carbocycles. The molecule has 0 radical (unpaired) electrons. The lowest BCUT2D eigenvalue weighted by atomic mass is 9.85. The Balaban J connectivity index is 1.68. The van der Waals surface area contributed by atoms with Gasteiger partial charge < -0.3 is 24.8 Å². The van der Waals surface area contributed by atoms with E-state index in [4.69, 9.17) is 19.9 Å². The summed E-state index contributed by atoms with van der Waals surface area (Å²) >= 11 is 0. The molecule has 2 unspecified atom stereocenters. The summed E-state index contributed by atoms with van der Waals surface area (Å²) < 4.78 is 16.3. The van der Waals surface area contributed by atoms with Crippen LogP contribution >= 0.6 is 0 Å². The summed E-state index contributed by atoms with van der Waals surface area (Å²) in [6, 6.07) is 5.98. The number of carbonyl (C=O) groups is 1. The fourth-order valence-electron chi connectivity index (χ4n) is 3.35. The molecule has 6 nitrogen and oxygen atoms in total. The van der Waals surface area contributed by atoms with Gasteiger partial charge in [-0.25, -0.2) is 4.79 Å². The van der Waals surface area contributed by atoms with Crippen LogP contribution in [0.3, 0.4) is 0 Å². The molecule has 2 aliphatic rings. The van der Waals surface area contributed by atoms with Crippen LogP contribution < -0.4 is 15.2 Å². The summed E-state index contributed by atoms with van der Waals surface area (Å²) in [5.74, 6) is 2.05. The third-order valence-electron chi connectivity index (χ3n) is 4.52. The maximum atomic E-state index is 12.2. The molecule has 2 N–H and O–H groups in total. The second-order valence-electron chi connectivity index (χ2n) is 7.43. The third kappa shape index (κ3) is 3.59. The minimum atomic E-state index is -0.472. The topological polar surface area (TPSA) is 74.0 Å². The Morgan fingerprint density at radius 1 is 1.38 bits per heavy atom. The number of carbonyl (C=O) groups excluding carboxylic acids is 1. The highest BCUT2D eigenvalue weighted by molar-refractivity contribution is 5.68. The van der Waals surface area contributed by atoms with Gasteiger partial charge in [0.2, 0.25) is 6.79 Å². The van der Waals surface area contributed by atoms with E-state index in [9.17, 15) is 4.79 Å². The van der Waals surface area contributed by atoms with Crippen LogP contribution in [0.25, 0.3) is 0 Å². The predicted octanol–water partition coefficient (Wildman–Crippen LogP) is 2.71. The van der Waals surface area contributed by atoms with E-state index in [1.54, 1.807) is 4.90 Å². The summed E-state index contributed by atoms with van der Waals surface area (Å²) in [7, 11) is 0. The summed E-state index contributed by atoms with van der Waals surface area (Å²) in [5, 5.41) is 0. The van der Waals surface area contributed by atoms with E-state index in [0.29, 0.717) is 25.6 Å². The normalized spacial score (nSPS) is 21.0. The predicted molar refractivity (Wildman–Crippen MR) is 90.3 cm³/mol. The summed E-state index contributed by atoms with van der Waals surface area (Å²) in [6.45, 7) is 7.83. The second kappa shape index (κ2) is 6.51. The van der Waals surface area contributed by atoms with Crippen LogP contribution in [0.4, 0.5) is 4.79 Å². The molecule has 1 aromatic rings. The summed E-state index contributed by atoms with van der Waals surface area (Å²) in [4.78, 5) is 14.0. The van der Waals surface area contributed by atoms with Gasteiger partial charge in [0.15, 0.2) is 11.5 Å². The van der Waals surface area contributed by atoms with Crippen molar-refractivity contribution in [2.45, 2.75) is 38.7 Å². The number of nitrogens with zero attached hydrogens (tertiary/aromatic N) is 1. The van der Waals surface area contributed by atoms with Gasteiger partial charge in [0.05, 0.1) is 0 Å². The fraction of sp³-hybridized carbons (Fsp3) is 0.611. The van der Waals surface area contributed by atoms with Gasteiger partial charge in [-0.1, -0.05) is 6.07 Å². The van der Waals surface area contributed by atoms with Crippen molar-refractivity contribution in [2.75, 3.05) is 26.4 Å². The van der Waals surface area contributed by atoms with Crippen molar-refractivity contribution in [3.63, 3.8) is 0 Å². The van der Waals surface area contributed by atoms with Crippen molar-refractivity contribution in [3.8, 4) is 11.5 Å². The number of nitrogens with two attached hydrogens (primary N) is 1. The van der Waals surface area contributed by atoms with Crippen molar-refractivity contribution >= 4 is 6.09 Å². The minimum Gasteiger partial charge on any atom is -0.454 e. The molecule has 6 heteroatoms. The van der Waals surface area contributed by atoms with Crippen LogP contribution in [0, 0.1) is 5.92 Å². The van der Waals surface area contributed by atoms with Gasteiger partial charge in [-0.05, 0) is 57.4 Å². The number of likely N-dealkylation sites (tertiary alicyclic amines) is 1. The van der Waals surface area contributed by atoms with E-state index in [-0.39, 0.29) is 18.8 Å². The Kier molecular flexibility index (Phi) is 4.58. The first-order chi connectivity index (χ1) is 11.4. The summed E-state index contributed by atoms with van der Waals surface area (Å²) in [6.07, 6.45) is 0.682. The van der Waals surface area contributed by atoms with Gasteiger partial charge in [-0.2, -0.15) is 0 Å². The molecule has 2 atom stereocenters. The molecule has 3 rings (SSSR count). The van der Waals surface area contributed by atoms with Gasteiger partial charge >= 0.3 is 6.09 Å². The van der Waals surface area contributed by atoms with Crippen molar-refractivity contribution in [1.29, 1.82) is 0 Å². The first-order valence-electron chi connectivity index (χ1n) is 8.45. The second-order valence-corrected chi connectivity index (χ2v) is 7.43. The highest BCUT2D eigenvalue weighted by atomic mass is 16.7. The zero-order valence-electron chi connectivity index (χ0n) is 14.6. The number of rotatable bonds is 3. The average molecular weight is 334 g/mol. The smallest absolute Gasteiger partial charge is 0.410 e. The Morgan fingerprint density at radius 3 is 2.83 bits per heavy atom. The quantitative estimate of drug-likeness (QED) is 0.920. The van der Waals surface area contributed by atoms with Crippen molar-refractivity contribution in [2.24, 2.45) is 11.7 Å². The SMILES string of the molecule is CC(C)(C)OC(=O)N1CCC(C(CN)c2ccc3c(c2)OCO3)C1. The number of ether oxygens (including phenoxy) is 3. The highest BCUT2D eigenvalue weighted by Crippen LogP contribution is 2.38. The molecular weight excluding hydrogens is 308 g/mol. The first-order valence-corrected chi connectivity index (χ1v) is 8.45. The van der Waals surface area contributed by atoms with Crippen LogP contribution in [0.5, 0.6) is 11.5 Å². The van der Waals surface area contributed by atoms with Crippen LogP contribution in [-0.2, 0) is 4.74 Å². The van der Waals surface area contributed by atoms with Gasteiger partial charge in [0, 0.05) is 19.0 Å². The Labute approximate surface area is 142 Å². The zero-order valence-corrected chi connectivity index (χ0v) is 14.6. The molecule has 0 spiro atoms. The van der Waals surface area contributed by atoms with Gasteiger partial charge in [0.1, 0.15) is 5.60 Å². The summed E-state index contributed by atoms with van der Waals surface area (Å²) in [5.41, 5.74) is 6.71. The molecule has 1 amide bonds. The maximum Gasteiger partial charge on any atom is 0.410 e. The number of fused-ring (bicyclic) bond motifs is 1. The molecule has 2 heterocycles. The van der Waals surface area contributed by atoms with Gasteiger partial charge in [-0.15, -0.1) is 0 Å². The van der Waals surface area contributed by atoms with E-state index < -0.39 is 5.60 Å². The molecule has 1 saturated heterocycles. The molecule has 2 aliphatic heterocycles. The largest absolute Gasteiger partial charge is 0.454 e. The van der Waals surface area contributed by atoms with E-state index in [0.717, 1.165) is 23.5 Å². The molecule has 1 aromatic carbocycles. The number of hydrogen-bond acceptors (Lipinski definition) is 5. The lowest BCUT2D eigenvalue weighted by Gasteiger charge is -2.26. The van der Waals surface area contributed by atoms with Crippen molar-refractivity contribution < 1.29 is 19.0 Å². The lowest BCUT2D eigenvalue weighted by molar-refractivity contribution is 0.0286. The number of benzene rings is 1. The van der Waals surface area contributed by atoms with E-state index in [1.807, 2.05) is 39.0 Å². The number of amides is 1. The van der Waals surface area contributed by atoms with Gasteiger partial charge in [-0.3, -0.25) is 0 Å². The third-order valence-corrected chi connectivity index (χ3v) is 4.52. The Hall–Kier alpha value is -1.95. The van der Waals surface area contributed by atoms with Crippen molar-refractivity contribution in [3.05, 3.63) is 23.8 Å². The van der Waals surface area contributed by atoms with Crippen LogP contribution in [0.2, 0.25) is 0 Å². The van der Waals surface area contributed by atoms with E-state index in [1.165, 1.54) is 0 Å². The van der Waals surface area contributed by atoms with E-state index >= 15 is 0 Å². The van der Waals surface area contributed by atoms with Gasteiger partial charge in [0.25, 0.3) is 0 Å². The molecular formula is C18H26N2O4. The monoisotopic (exact) mass is 334 g/mol. The fourth-order valence-corrected chi connectivity index (χ4v) is 3.35. The maximum absolute atomic E-state index is 12.2. The minimum absolute atomic E-state index is 0.187.